The molecule has 0 radical (unpaired) electrons. The lowest BCUT2D eigenvalue weighted by Gasteiger charge is -2.07. The van der Waals surface area contributed by atoms with Crippen LogP contribution in [-0.4, -0.2) is 18.2 Å². The van der Waals surface area contributed by atoms with Gasteiger partial charge in [0.15, 0.2) is 11.5 Å². The minimum atomic E-state index is -0.548. The molecule has 0 aromatic heterocycles. The van der Waals surface area contributed by atoms with Crippen LogP contribution in [0.2, 0.25) is 0 Å². The third-order valence-electron chi connectivity index (χ3n) is 2.70. The van der Waals surface area contributed by atoms with E-state index in [1.54, 1.807) is 12.1 Å². The molecule has 0 fully saturated rings. The zero-order valence-electron chi connectivity index (χ0n) is 10.8. The summed E-state index contributed by atoms with van der Waals surface area (Å²) in [4.78, 5) is 11.8. The number of phenols is 1. The number of phenolic OH excluding ortho intramolecular Hbond substituents is 1. The topological polar surface area (TPSA) is 55.8 Å². The Bertz CT molecular complexity index is 608. The summed E-state index contributed by atoms with van der Waals surface area (Å²) in [5.74, 6) is -0.750. The van der Waals surface area contributed by atoms with Gasteiger partial charge < -0.3 is 14.6 Å². The van der Waals surface area contributed by atoms with E-state index in [-0.39, 0.29) is 29.5 Å². The molecule has 0 aliphatic heterocycles. The Balaban J connectivity index is 2.03. The Kier molecular flexibility index (Phi) is 4.20. The summed E-state index contributed by atoms with van der Waals surface area (Å²) < 4.78 is 22.7. The highest BCUT2D eigenvalue weighted by atomic mass is 19.1. The number of hydrogen-bond donors (Lipinski definition) is 1. The summed E-state index contributed by atoms with van der Waals surface area (Å²) in [6, 6.07) is 9.86. The average Bonchev–Trinajstić information content (AvgIpc) is 2.47. The van der Waals surface area contributed by atoms with Crippen LogP contribution in [0.25, 0.3) is 0 Å². The Hall–Kier alpha value is -2.56. The van der Waals surface area contributed by atoms with Gasteiger partial charge in [-0.1, -0.05) is 12.1 Å². The van der Waals surface area contributed by atoms with Crippen molar-refractivity contribution in [3.8, 4) is 11.5 Å². The molecule has 0 saturated carbocycles. The minimum Gasteiger partial charge on any atom is -0.504 e. The maximum Gasteiger partial charge on any atom is 0.338 e. The van der Waals surface area contributed by atoms with Crippen molar-refractivity contribution in [2.45, 2.75) is 6.61 Å². The predicted octanol–water partition coefficient (Wildman–Crippen LogP) is 2.90. The first kappa shape index (κ1) is 13.9. The monoisotopic (exact) mass is 276 g/mol. The van der Waals surface area contributed by atoms with Gasteiger partial charge in [-0.15, -0.1) is 0 Å². The standard InChI is InChI=1S/C15H13FO4/c1-19-14-8-11(4-7-13(14)17)15(18)20-9-10-2-5-12(16)6-3-10/h2-8,17H,9H2,1H3. The van der Waals surface area contributed by atoms with Crippen molar-refractivity contribution in [3.05, 3.63) is 59.4 Å². The fourth-order valence-electron chi connectivity index (χ4n) is 1.62. The van der Waals surface area contributed by atoms with E-state index < -0.39 is 5.97 Å². The van der Waals surface area contributed by atoms with Crippen LogP contribution in [0.3, 0.4) is 0 Å². The van der Waals surface area contributed by atoms with Crippen LogP contribution in [-0.2, 0) is 11.3 Å². The van der Waals surface area contributed by atoms with E-state index in [0.29, 0.717) is 5.56 Å². The third-order valence-corrected chi connectivity index (χ3v) is 2.70. The van der Waals surface area contributed by atoms with Gasteiger partial charge in [-0.25, -0.2) is 9.18 Å². The third kappa shape index (κ3) is 3.26. The van der Waals surface area contributed by atoms with Gasteiger partial charge in [0.1, 0.15) is 12.4 Å². The average molecular weight is 276 g/mol. The molecule has 0 amide bonds. The molecular formula is C15H13FO4. The Morgan fingerprint density at radius 2 is 1.90 bits per heavy atom. The van der Waals surface area contributed by atoms with E-state index in [4.69, 9.17) is 9.47 Å². The Morgan fingerprint density at radius 1 is 1.20 bits per heavy atom. The van der Waals surface area contributed by atoms with Gasteiger partial charge in [0.2, 0.25) is 0 Å². The van der Waals surface area contributed by atoms with E-state index in [9.17, 15) is 14.3 Å². The van der Waals surface area contributed by atoms with Gasteiger partial charge in [0.25, 0.3) is 0 Å². The van der Waals surface area contributed by atoms with Crippen molar-refractivity contribution < 1.29 is 23.8 Å². The minimum absolute atomic E-state index is 0.0440. The number of carbonyl (C=O) groups excluding carboxylic acids is 1. The van der Waals surface area contributed by atoms with E-state index >= 15 is 0 Å². The number of ether oxygens (including phenoxy) is 2. The van der Waals surface area contributed by atoms with Crippen molar-refractivity contribution in [1.82, 2.24) is 0 Å². The van der Waals surface area contributed by atoms with E-state index in [1.807, 2.05) is 0 Å². The molecule has 5 heteroatoms. The zero-order valence-corrected chi connectivity index (χ0v) is 10.8. The summed E-state index contributed by atoms with van der Waals surface area (Å²) in [7, 11) is 1.39. The van der Waals surface area contributed by atoms with E-state index in [1.165, 1.54) is 37.4 Å². The number of esters is 1. The first-order valence-electron chi connectivity index (χ1n) is 5.88. The molecule has 104 valence electrons. The fourth-order valence-corrected chi connectivity index (χ4v) is 1.62. The second-order valence-electron chi connectivity index (χ2n) is 4.09. The number of rotatable bonds is 4. The summed E-state index contributed by atoms with van der Waals surface area (Å²) in [6.45, 7) is 0.0440. The number of methoxy groups -OCH3 is 1. The van der Waals surface area contributed by atoms with Crippen LogP contribution >= 0.6 is 0 Å². The molecular weight excluding hydrogens is 263 g/mol. The van der Waals surface area contributed by atoms with Crippen LogP contribution in [0.5, 0.6) is 11.5 Å². The van der Waals surface area contributed by atoms with Crippen molar-refractivity contribution in [1.29, 1.82) is 0 Å². The summed E-state index contributed by atoms with van der Waals surface area (Å²) in [5, 5.41) is 9.44. The lowest BCUT2D eigenvalue weighted by molar-refractivity contribution is 0.0472. The molecule has 0 spiro atoms. The highest BCUT2D eigenvalue weighted by molar-refractivity contribution is 5.90. The molecule has 2 aromatic carbocycles. The van der Waals surface area contributed by atoms with Crippen LogP contribution in [0.4, 0.5) is 4.39 Å². The highest BCUT2D eigenvalue weighted by Gasteiger charge is 2.11. The van der Waals surface area contributed by atoms with Crippen molar-refractivity contribution in [3.63, 3.8) is 0 Å². The van der Waals surface area contributed by atoms with Crippen LogP contribution < -0.4 is 4.74 Å². The van der Waals surface area contributed by atoms with Crippen molar-refractivity contribution in [2.24, 2.45) is 0 Å². The van der Waals surface area contributed by atoms with E-state index in [0.717, 1.165) is 0 Å². The first-order chi connectivity index (χ1) is 9.60. The molecule has 0 atom stereocenters. The second kappa shape index (κ2) is 6.06. The largest absolute Gasteiger partial charge is 0.504 e. The molecule has 1 N–H and O–H groups in total. The van der Waals surface area contributed by atoms with Gasteiger partial charge in [-0.2, -0.15) is 0 Å². The smallest absolute Gasteiger partial charge is 0.338 e. The molecule has 0 bridgehead atoms. The molecule has 2 aromatic rings. The van der Waals surface area contributed by atoms with Gasteiger partial charge in [0.05, 0.1) is 12.7 Å². The predicted molar refractivity (Wildman–Crippen MR) is 70.2 cm³/mol. The molecule has 0 heterocycles. The Labute approximate surface area is 115 Å². The highest BCUT2D eigenvalue weighted by Crippen LogP contribution is 2.26. The maximum atomic E-state index is 12.7. The van der Waals surface area contributed by atoms with Gasteiger partial charge in [-0.3, -0.25) is 0 Å². The normalized spacial score (nSPS) is 10.1. The van der Waals surface area contributed by atoms with Crippen LogP contribution in [0, 0.1) is 5.82 Å². The fraction of sp³-hybridized carbons (Fsp3) is 0.133. The number of halogens is 1. The second-order valence-corrected chi connectivity index (χ2v) is 4.09. The maximum absolute atomic E-state index is 12.7. The van der Waals surface area contributed by atoms with Gasteiger partial charge >= 0.3 is 5.97 Å². The van der Waals surface area contributed by atoms with Crippen molar-refractivity contribution >= 4 is 5.97 Å². The SMILES string of the molecule is COc1cc(C(=O)OCc2ccc(F)cc2)ccc1O. The molecule has 2 rings (SSSR count). The quantitative estimate of drug-likeness (QED) is 0.872. The number of benzene rings is 2. The first-order valence-corrected chi connectivity index (χ1v) is 5.88. The molecule has 4 nitrogen and oxygen atoms in total. The summed E-state index contributed by atoms with van der Waals surface area (Å²) in [5.41, 5.74) is 0.951. The molecule has 20 heavy (non-hydrogen) atoms. The van der Waals surface area contributed by atoms with Crippen molar-refractivity contribution in [2.75, 3.05) is 7.11 Å². The summed E-state index contributed by atoms with van der Waals surface area (Å²) >= 11 is 0. The van der Waals surface area contributed by atoms with Gasteiger partial charge in [0, 0.05) is 0 Å². The number of aromatic hydroxyl groups is 1. The van der Waals surface area contributed by atoms with Crippen LogP contribution in [0.1, 0.15) is 15.9 Å². The Morgan fingerprint density at radius 3 is 2.55 bits per heavy atom. The van der Waals surface area contributed by atoms with Gasteiger partial charge in [-0.05, 0) is 35.9 Å². The zero-order chi connectivity index (χ0) is 14.5. The lowest BCUT2D eigenvalue weighted by Crippen LogP contribution is -2.05. The molecule has 0 saturated heterocycles. The number of hydrogen-bond acceptors (Lipinski definition) is 4. The molecule has 0 aliphatic carbocycles. The van der Waals surface area contributed by atoms with E-state index in [2.05, 4.69) is 0 Å². The number of carbonyl (C=O) groups is 1. The molecule has 0 aliphatic rings. The molecule has 0 unspecified atom stereocenters. The van der Waals surface area contributed by atoms with Crippen LogP contribution in [0.15, 0.2) is 42.5 Å². The summed E-state index contributed by atoms with van der Waals surface area (Å²) in [6.07, 6.45) is 0. The lowest BCUT2D eigenvalue weighted by atomic mass is 10.2.